The van der Waals surface area contributed by atoms with Gasteiger partial charge >= 0.3 is 0 Å². The number of benzene rings is 1. The largest absolute Gasteiger partial charge is 0.383 e. The highest BCUT2D eigenvalue weighted by atomic mass is 16.5. The maximum Gasteiger partial charge on any atom is 0.0587 e. The van der Waals surface area contributed by atoms with Crippen LogP contribution < -0.4 is 5.32 Å². The minimum absolute atomic E-state index is 0.375. The lowest BCUT2D eigenvalue weighted by Crippen LogP contribution is -2.30. The zero-order valence-corrected chi connectivity index (χ0v) is 11.1. The van der Waals surface area contributed by atoms with E-state index in [2.05, 4.69) is 43.4 Å². The summed E-state index contributed by atoms with van der Waals surface area (Å²) in [6.45, 7) is 7.32. The molecule has 1 aromatic rings. The Balaban J connectivity index is 2.00. The first kappa shape index (κ1) is 12.6. The van der Waals surface area contributed by atoms with E-state index in [4.69, 9.17) is 4.74 Å². The average Bonchev–Trinajstić information content (AvgIpc) is 2.97. The van der Waals surface area contributed by atoms with E-state index in [-0.39, 0.29) is 0 Å². The average molecular weight is 233 g/mol. The molecule has 0 bridgehead atoms. The van der Waals surface area contributed by atoms with Gasteiger partial charge in [0.2, 0.25) is 0 Å². The Morgan fingerprint density at radius 3 is 2.82 bits per heavy atom. The Bertz CT molecular complexity index is 377. The van der Waals surface area contributed by atoms with Crippen LogP contribution in [0.1, 0.15) is 24.5 Å². The fourth-order valence-corrected chi connectivity index (χ4v) is 2.68. The molecule has 0 saturated heterocycles. The third-order valence-electron chi connectivity index (χ3n) is 3.97. The van der Waals surface area contributed by atoms with E-state index in [1.807, 2.05) is 0 Å². The molecule has 1 aliphatic carbocycles. The van der Waals surface area contributed by atoms with Gasteiger partial charge in [-0.25, -0.2) is 0 Å². The smallest absolute Gasteiger partial charge is 0.0587 e. The molecule has 0 aliphatic heterocycles. The van der Waals surface area contributed by atoms with Gasteiger partial charge in [0.25, 0.3) is 0 Å². The second-order valence-corrected chi connectivity index (χ2v) is 5.30. The van der Waals surface area contributed by atoms with E-state index >= 15 is 0 Å². The SMILES string of the molecule is COCCNCC1(c2cccc(C)c2)CC1C. The van der Waals surface area contributed by atoms with Crippen LogP contribution in [0.25, 0.3) is 0 Å². The van der Waals surface area contributed by atoms with Crippen molar-refractivity contribution in [1.29, 1.82) is 0 Å². The van der Waals surface area contributed by atoms with Gasteiger partial charge < -0.3 is 10.1 Å². The fraction of sp³-hybridized carbons (Fsp3) is 0.600. The van der Waals surface area contributed by atoms with Crippen molar-refractivity contribution in [1.82, 2.24) is 5.32 Å². The van der Waals surface area contributed by atoms with Crippen molar-refractivity contribution in [3.05, 3.63) is 35.4 Å². The molecule has 0 aromatic heterocycles. The summed E-state index contributed by atoms with van der Waals surface area (Å²) < 4.78 is 5.07. The van der Waals surface area contributed by atoms with Gasteiger partial charge in [0.1, 0.15) is 0 Å². The van der Waals surface area contributed by atoms with E-state index in [0.29, 0.717) is 5.41 Å². The summed E-state index contributed by atoms with van der Waals surface area (Å²) >= 11 is 0. The van der Waals surface area contributed by atoms with Crippen LogP contribution >= 0.6 is 0 Å². The van der Waals surface area contributed by atoms with Crippen molar-refractivity contribution < 1.29 is 4.74 Å². The van der Waals surface area contributed by atoms with Gasteiger partial charge in [-0.05, 0) is 24.8 Å². The zero-order chi connectivity index (χ0) is 12.3. The van der Waals surface area contributed by atoms with E-state index in [9.17, 15) is 0 Å². The number of aryl methyl sites for hydroxylation is 1. The van der Waals surface area contributed by atoms with Gasteiger partial charge in [-0.3, -0.25) is 0 Å². The first-order valence-corrected chi connectivity index (χ1v) is 6.46. The molecule has 94 valence electrons. The van der Waals surface area contributed by atoms with Gasteiger partial charge in [-0.2, -0.15) is 0 Å². The summed E-state index contributed by atoms with van der Waals surface area (Å²) in [7, 11) is 1.75. The van der Waals surface area contributed by atoms with Crippen molar-refractivity contribution >= 4 is 0 Å². The van der Waals surface area contributed by atoms with E-state index < -0.39 is 0 Å². The first-order valence-electron chi connectivity index (χ1n) is 6.46. The maximum absolute atomic E-state index is 5.07. The maximum atomic E-state index is 5.07. The lowest BCUT2D eigenvalue weighted by Gasteiger charge is -2.18. The Morgan fingerprint density at radius 2 is 2.24 bits per heavy atom. The van der Waals surface area contributed by atoms with Crippen LogP contribution in [-0.4, -0.2) is 26.8 Å². The summed E-state index contributed by atoms with van der Waals surface area (Å²) in [5.41, 5.74) is 3.23. The van der Waals surface area contributed by atoms with Crippen molar-refractivity contribution in [2.45, 2.75) is 25.7 Å². The number of hydrogen-bond acceptors (Lipinski definition) is 2. The molecule has 0 amide bonds. The highest BCUT2D eigenvalue weighted by Crippen LogP contribution is 2.53. The van der Waals surface area contributed by atoms with Gasteiger partial charge in [0.05, 0.1) is 6.61 Å². The van der Waals surface area contributed by atoms with E-state index in [1.54, 1.807) is 7.11 Å². The zero-order valence-electron chi connectivity index (χ0n) is 11.1. The van der Waals surface area contributed by atoms with Gasteiger partial charge in [0.15, 0.2) is 0 Å². The molecule has 1 aliphatic rings. The molecule has 2 heteroatoms. The third-order valence-corrected chi connectivity index (χ3v) is 3.97. The molecule has 0 radical (unpaired) electrons. The van der Waals surface area contributed by atoms with Gasteiger partial charge in [-0.1, -0.05) is 36.8 Å². The summed E-state index contributed by atoms with van der Waals surface area (Å²) in [6, 6.07) is 8.95. The minimum atomic E-state index is 0.375. The Morgan fingerprint density at radius 1 is 1.47 bits per heavy atom. The van der Waals surface area contributed by atoms with Crippen molar-refractivity contribution in [2.24, 2.45) is 5.92 Å². The predicted octanol–water partition coefficient (Wildman–Crippen LogP) is 2.51. The van der Waals surface area contributed by atoms with Gasteiger partial charge in [-0.15, -0.1) is 0 Å². The number of nitrogens with one attached hydrogen (secondary N) is 1. The van der Waals surface area contributed by atoms with E-state index in [1.165, 1.54) is 17.5 Å². The molecule has 1 aromatic carbocycles. The molecule has 1 saturated carbocycles. The number of hydrogen-bond donors (Lipinski definition) is 1. The third kappa shape index (κ3) is 2.70. The Kier molecular flexibility index (Phi) is 3.85. The lowest BCUT2D eigenvalue weighted by atomic mass is 9.92. The minimum Gasteiger partial charge on any atom is -0.383 e. The molecule has 0 spiro atoms. The van der Waals surface area contributed by atoms with Crippen LogP contribution in [0.15, 0.2) is 24.3 Å². The topological polar surface area (TPSA) is 21.3 Å². The molecular formula is C15H23NO. The van der Waals surface area contributed by atoms with Crippen molar-refractivity contribution in [2.75, 3.05) is 26.8 Å². The van der Waals surface area contributed by atoms with Crippen LogP contribution in [0.4, 0.5) is 0 Å². The van der Waals surface area contributed by atoms with Crippen LogP contribution in [0.2, 0.25) is 0 Å². The highest BCUT2D eigenvalue weighted by Gasteiger charge is 2.51. The fourth-order valence-electron chi connectivity index (χ4n) is 2.68. The molecule has 2 unspecified atom stereocenters. The van der Waals surface area contributed by atoms with E-state index in [0.717, 1.165) is 25.6 Å². The van der Waals surface area contributed by atoms with Gasteiger partial charge in [0, 0.05) is 25.6 Å². The number of methoxy groups -OCH3 is 1. The highest BCUT2D eigenvalue weighted by molar-refractivity contribution is 5.36. The Hall–Kier alpha value is -0.860. The normalized spacial score (nSPS) is 27.1. The van der Waals surface area contributed by atoms with Crippen LogP contribution in [0.3, 0.4) is 0 Å². The predicted molar refractivity (Wildman–Crippen MR) is 71.4 cm³/mol. The first-order chi connectivity index (χ1) is 8.19. The summed E-state index contributed by atoms with van der Waals surface area (Å²) in [5, 5.41) is 3.51. The second-order valence-electron chi connectivity index (χ2n) is 5.30. The second kappa shape index (κ2) is 5.19. The Labute approximate surface area is 104 Å². The van der Waals surface area contributed by atoms with Crippen LogP contribution in [0.5, 0.6) is 0 Å². The van der Waals surface area contributed by atoms with Crippen molar-refractivity contribution in [3.63, 3.8) is 0 Å². The number of ether oxygens (including phenoxy) is 1. The van der Waals surface area contributed by atoms with Crippen LogP contribution in [-0.2, 0) is 10.2 Å². The summed E-state index contributed by atoms with van der Waals surface area (Å²) in [5.74, 6) is 0.791. The lowest BCUT2D eigenvalue weighted by molar-refractivity contribution is 0.198. The molecule has 1 fully saturated rings. The van der Waals surface area contributed by atoms with Crippen LogP contribution in [0, 0.1) is 12.8 Å². The van der Waals surface area contributed by atoms with Crippen molar-refractivity contribution in [3.8, 4) is 0 Å². The molecule has 2 nitrogen and oxygen atoms in total. The standard InChI is InChI=1S/C15H23NO/c1-12-5-4-6-14(9-12)15(10-13(15)2)11-16-7-8-17-3/h4-6,9,13,16H,7-8,10-11H2,1-3H3. The molecule has 0 heterocycles. The summed E-state index contributed by atoms with van der Waals surface area (Å²) in [6.07, 6.45) is 1.30. The molecule has 17 heavy (non-hydrogen) atoms. The molecule has 1 N–H and O–H groups in total. The molecular weight excluding hydrogens is 210 g/mol. The monoisotopic (exact) mass is 233 g/mol. The number of rotatable bonds is 6. The molecule has 2 atom stereocenters. The quantitative estimate of drug-likeness (QED) is 0.762. The summed E-state index contributed by atoms with van der Waals surface area (Å²) in [4.78, 5) is 0. The molecule has 2 rings (SSSR count).